The Labute approximate surface area is 124 Å². The quantitative estimate of drug-likeness (QED) is 0.588. The van der Waals surface area contributed by atoms with E-state index in [0.29, 0.717) is 0 Å². The summed E-state index contributed by atoms with van der Waals surface area (Å²) in [6.07, 6.45) is 2.41. The van der Waals surface area contributed by atoms with Gasteiger partial charge in [-0.1, -0.05) is 26.7 Å². The van der Waals surface area contributed by atoms with Gasteiger partial charge in [0.2, 0.25) is 0 Å². The molecule has 0 aliphatic rings. The van der Waals surface area contributed by atoms with Gasteiger partial charge in [-0.2, -0.15) is 0 Å². The number of nitrogen functional groups attached to an aromatic ring is 1. The average Bonchev–Trinajstić information content (AvgIpc) is 2.41. The zero-order valence-corrected chi connectivity index (χ0v) is 13.6. The van der Waals surface area contributed by atoms with Gasteiger partial charge in [-0.05, 0) is 47.0 Å². The number of amidine groups is 1. The van der Waals surface area contributed by atoms with E-state index in [0.717, 1.165) is 29.0 Å². The van der Waals surface area contributed by atoms with E-state index in [1.54, 1.807) is 0 Å². The van der Waals surface area contributed by atoms with Gasteiger partial charge in [0.15, 0.2) is 0 Å². The van der Waals surface area contributed by atoms with Crippen LogP contribution >= 0.6 is 15.9 Å². The molecular weight excluding hydrogens is 302 g/mol. The average molecular weight is 326 g/mol. The van der Waals surface area contributed by atoms with Crippen molar-refractivity contribution in [2.45, 2.75) is 33.6 Å². The van der Waals surface area contributed by atoms with Gasteiger partial charge in [-0.25, -0.2) is 0 Å². The first-order valence-electron chi connectivity index (χ1n) is 6.92. The number of anilines is 1. The first-order valence-corrected chi connectivity index (χ1v) is 7.71. The highest BCUT2D eigenvalue weighted by atomic mass is 79.9. The van der Waals surface area contributed by atoms with Crippen molar-refractivity contribution in [3.8, 4) is 0 Å². The Kier molecular flexibility index (Phi) is 6.35. The van der Waals surface area contributed by atoms with Crippen molar-refractivity contribution in [3.05, 3.63) is 28.2 Å². The van der Waals surface area contributed by atoms with Gasteiger partial charge >= 0.3 is 0 Å². The fourth-order valence-corrected chi connectivity index (χ4v) is 2.82. The lowest BCUT2D eigenvalue weighted by Gasteiger charge is -2.28. The Balaban J connectivity index is 2.95. The van der Waals surface area contributed by atoms with Gasteiger partial charge in [0.05, 0.1) is 5.69 Å². The highest BCUT2D eigenvalue weighted by Gasteiger charge is 2.13. The van der Waals surface area contributed by atoms with Crippen LogP contribution in [0.25, 0.3) is 0 Å². The maximum Gasteiger partial charge on any atom is 0.122 e. The predicted octanol–water partition coefficient (Wildman–Crippen LogP) is 4.00. The second-order valence-corrected chi connectivity index (χ2v) is 5.66. The van der Waals surface area contributed by atoms with Crippen LogP contribution in [0.4, 0.5) is 5.69 Å². The topological polar surface area (TPSA) is 53.1 Å². The van der Waals surface area contributed by atoms with Crippen LogP contribution < -0.4 is 10.6 Å². The summed E-state index contributed by atoms with van der Waals surface area (Å²) in [6.45, 7) is 8.72. The van der Waals surface area contributed by atoms with Crippen LogP contribution in [0.5, 0.6) is 0 Å². The largest absolute Gasteiger partial charge is 0.384 e. The molecule has 19 heavy (non-hydrogen) atoms. The number of nitrogens with two attached hydrogens (primary N) is 1. The van der Waals surface area contributed by atoms with Crippen molar-refractivity contribution in [1.82, 2.24) is 0 Å². The van der Waals surface area contributed by atoms with E-state index in [4.69, 9.17) is 11.1 Å². The molecule has 0 aliphatic heterocycles. The van der Waals surface area contributed by atoms with E-state index in [2.05, 4.69) is 41.6 Å². The number of benzene rings is 1. The van der Waals surface area contributed by atoms with Crippen molar-refractivity contribution >= 4 is 27.5 Å². The van der Waals surface area contributed by atoms with Gasteiger partial charge in [-0.15, -0.1) is 0 Å². The van der Waals surface area contributed by atoms with Crippen molar-refractivity contribution in [3.63, 3.8) is 0 Å². The molecule has 0 atom stereocenters. The summed E-state index contributed by atoms with van der Waals surface area (Å²) in [5.41, 5.74) is 7.45. The third kappa shape index (κ3) is 4.23. The number of nitrogens with one attached hydrogen (secondary N) is 1. The lowest BCUT2D eigenvalue weighted by molar-refractivity contribution is 0.486. The molecule has 0 saturated heterocycles. The highest BCUT2D eigenvalue weighted by molar-refractivity contribution is 9.10. The summed E-state index contributed by atoms with van der Waals surface area (Å²) in [7, 11) is 0. The second kappa shape index (κ2) is 7.53. The summed E-state index contributed by atoms with van der Waals surface area (Å²) in [5.74, 6) is 0.828. The standard InChI is InChI=1S/C15H24BrN3/c1-4-11(5-2)10-19(6-3)14-8-7-12(15(17)18)9-13(14)16/h7-9,11H,4-6,10H2,1-3H3,(H3,17,18). The van der Waals surface area contributed by atoms with Gasteiger partial charge in [0.1, 0.15) is 5.84 Å². The number of hydrogen-bond acceptors (Lipinski definition) is 2. The van der Waals surface area contributed by atoms with Crippen LogP contribution in [-0.4, -0.2) is 18.9 Å². The van der Waals surface area contributed by atoms with Gasteiger partial charge < -0.3 is 10.6 Å². The Morgan fingerprint density at radius 1 is 1.32 bits per heavy atom. The molecule has 0 fully saturated rings. The van der Waals surface area contributed by atoms with Gasteiger partial charge in [0.25, 0.3) is 0 Å². The molecule has 1 aromatic carbocycles. The molecule has 0 bridgehead atoms. The van der Waals surface area contributed by atoms with E-state index in [1.165, 1.54) is 18.5 Å². The van der Waals surface area contributed by atoms with Crippen LogP contribution in [-0.2, 0) is 0 Å². The van der Waals surface area contributed by atoms with E-state index < -0.39 is 0 Å². The maximum absolute atomic E-state index is 7.47. The highest BCUT2D eigenvalue weighted by Crippen LogP contribution is 2.28. The third-order valence-corrected chi connectivity index (χ3v) is 4.25. The number of nitrogens with zero attached hydrogens (tertiary/aromatic N) is 1. The lowest BCUT2D eigenvalue weighted by Crippen LogP contribution is -2.29. The SMILES string of the molecule is CCC(CC)CN(CC)c1ccc(C(=N)N)cc1Br. The summed E-state index contributed by atoms with van der Waals surface area (Å²) < 4.78 is 1.01. The molecule has 1 aromatic rings. The maximum atomic E-state index is 7.47. The van der Waals surface area contributed by atoms with E-state index >= 15 is 0 Å². The molecule has 0 amide bonds. The van der Waals surface area contributed by atoms with Gasteiger partial charge in [0, 0.05) is 23.1 Å². The Bertz CT molecular complexity index is 427. The molecule has 0 heterocycles. The minimum atomic E-state index is 0.107. The fraction of sp³-hybridized carbons (Fsp3) is 0.533. The number of rotatable bonds is 7. The molecule has 4 heteroatoms. The fourth-order valence-electron chi connectivity index (χ4n) is 2.19. The monoisotopic (exact) mass is 325 g/mol. The van der Waals surface area contributed by atoms with Crippen LogP contribution in [0.3, 0.4) is 0 Å². The second-order valence-electron chi connectivity index (χ2n) is 4.80. The molecular formula is C15H24BrN3. The minimum absolute atomic E-state index is 0.107. The van der Waals surface area contributed by atoms with Gasteiger partial charge in [-0.3, -0.25) is 5.41 Å². The normalized spacial score (nSPS) is 10.8. The molecule has 0 aromatic heterocycles. The van der Waals surface area contributed by atoms with Crippen molar-refractivity contribution < 1.29 is 0 Å². The lowest BCUT2D eigenvalue weighted by atomic mass is 10.0. The summed E-state index contributed by atoms with van der Waals surface area (Å²) in [6, 6.07) is 5.89. The molecule has 0 radical (unpaired) electrons. The molecule has 0 unspecified atom stereocenters. The minimum Gasteiger partial charge on any atom is -0.384 e. The van der Waals surface area contributed by atoms with Crippen LogP contribution in [0, 0.1) is 11.3 Å². The Morgan fingerprint density at radius 2 is 1.95 bits per heavy atom. The smallest absolute Gasteiger partial charge is 0.122 e. The molecule has 3 nitrogen and oxygen atoms in total. The molecule has 106 valence electrons. The van der Waals surface area contributed by atoms with E-state index in [1.807, 2.05) is 18.2 Å². The summed E-state index contributed by atoms with van der Waals surface area (Å²) in [4.78, 5) is 2.38. The summed E-state index contributed by atoms with van der Waals surface area (Å²) >= 11 is 3.60. The van der Waals surface area contributed by atoms with Crippen molar-refractivity contribution in [2.75, 3.05) is 18.0 Å². The zero-order valence-electron chi connectivity index (χ0n) is 12.0. The summed E-state index contributed by atoms with van der Waals surface area (Å²) in [5, 5.41) is 7.47. The molecule has 0 spiro atoms. The molecule has 1 rings (SSSR count). The Hall–Kier alpha value is -1.03. The third-order valence-electron chi connectivity index (χ3n) is 3.61. The number of halogens is 1. The van der Waals surface area contributed by atoms with Crippen LogP contribution in [0.2, 0.25) is 0 Å². The van der Waals surface area contributed by atoms with Crippen LogP contribution in [0.1, 0.15) is 39.2 Å². The molecule has 0 saturated carbocycles. The van der Waals surface area contributed by atoms with Crippen molar-refractivity contribution in [1.29, 1.82) is 5.41 Å². The number of hydrogen-bond donors (Lipinski definition) is 2. The molecule has 0 aliphatic carbocycles. The van der Waals surface area contributed by atoms with E-state index in [-0.39, 0.29) is 5.84 Å². The first kappa shape index (κ1) is 16.0. The van der Waals surface area contributed by atoms with E-state index in [9.17, 15) is 0 Å². The first-order chi connectivity index (χ1) is 9.03. The predicted molar refractivity (Wildman–Crippen MR) is 87.1 cm³/mol. The zero-order chi connectivity index (χ0) is 14.4. The van der Waals surface area contributed by atoms with Crippen LogP contribution in [0.15, 0.2) is 22.7 Å². The van der Waals surface area contributed by atoms with Crippen molar-refractivity contribution in [2.24, 2.45) is 11.7 Å². The Morgan fingerprint density at radius 3 is 2.37 bits per heavy atom. The molecule has 3 N–H and O–H groups in total.